The predicted octanol–water partition coefficient (Wildman–Crippen LogP) is 2.06. The molecule has 1 rings (SSSR count). The molecule has 3 heteroatoms. The van der Waals surface area contributed by atoms with E-state index >= 15 is 0 Å². The molecule has 1 atom stereocenters. The molecule has 94 valence electrons. The van der Waals surface area contributed by atoms with Crippen LogP contribution in [0.2, 0.25) is 0 Å². The summed E-state index contributed by atoms with van der Waals surface area (Å²) in [7, 11) is 0. The fourth-order valence-corrected chi connectivity index (χ4v) is 2.56. The molecule has 0 aromatic carbocycles. The molecule has 3 nitrogen and oxygen atoms in total. The summed E-state index contributed by atoms with van der Waals surface area (Å²) < 4.78 is 0. The van der Waals surface area contributed by atoms with Gasteiger partial charge in [-0.3, -0.25) is 4.79 Å². The van der Waals surface area contributed by atoms with Crippen molar-refractivity contribution in [2.45, 2.75) is 58.4 Å². The van der Waals surface area contributed by atoms with Crippen molar-refractivity contribution in [3.8, 4) is 0 Å². The molecule has 16 heavy (non-hydrogen) atoms. The number of hydrogen-bond donors (Lipinski definition) is 2. The second-order valence-electron chi connectivity index (χ2n) is 5.82. The van der Waals surface area contributed by atoms with E-state index in [4.69, 9.17) is 5.73 Å². The zero-order chi connectivity index (χ0) is 12.2. The van der Waals surface area contributed by atoms with Crippen LogP contribution in [0.5, 0.6) is 0 Å². The number of hydrogen-bond acceptors (Lipinski definition) is 2. The van der Waals surface area contributed by atoms with Crippen molar-refractivity contribution in [1.82, 2.24) is 5.32 Å². The lowest BCUT2D eigenvalue weighted by atomic mass is 9.93. The Morgan fingerprint density at radius 3 is 2.38 bits per heavy atom. The van der Waals surface area contributed by atoms with Gasteiger partial charge in [0.15, 0.2) is 0 Å². The Kier molecular flexibility index (Phi) is 4.78. The highest BCUT2D eigenvalue weighted by molar-refractivity contribution is 5.79. The zero-order valence-electron chi connectivity index (χ0n) is 10.9. The number of nitrogens with two attached hydrogens (primary N) is 1. The first-order valence-electron chi connectivity index (χ1n) is 6.49. The van der Waals surface area contributed by atoms with Gasteiger partial charge < -0.3 is 11.1 Å². The van der Waals surface area contributed by atoms with Crippen LogP contribution >= 0.6 is 0 Å². The summed E-state index contributed by atoms with van der Waals surface area (Å²) in [5, 5.41) is 3.19. The van der Waals surface area contributed by atoms with Gasteiger partial charge >= 0.3 is 0 Å². The highest BCUT2D eigenvalue weighted by atomic mass is 16.2. The highest BCUT2D eigenvalue weighted by Crippen LogP contribution is 2.29. The standard InChI is InChI=1S/C13H26N2O/c1-10(2)8-11(9-14)12(16)15-13(3)6-4-5-7-13/h10-11H,4-9,14H2,1-3H3,(H,15,16). The Morgan fingerprint density at radius 2 is 1.94 bits per heavy atom. The number of nitrogens with one attached hydrogen (secondary N) is 1. The first-order valence-corrected chi connectivity index (χ1v) is 6.49. The van der Waals surface area contributed by atoms with Crippen molar-refractivity contribution in [3.63, 3.8) is 0 Å². The van der Waals surface area contributed by atoms with Crippen LogP contribution in [0.1, 0.15) is 52.9 Å². The monoisotopic (exact) mass is 226 g/mol. The largest absolute Gasteiger partial charge is 0.351 e. The van der Waals surface area contributed by atoms with Gasteiger partial charge in [-0.1, -0.05) is 26.7 Å². The van der Waals surface area contributed by atoms with Crippen LogP contribution in [0.25, 0.3) is 0 Å². The molecule has 1 aliphatic rings. The fourth-order valence-electron chi connectivity index (χ4n) is 2.56. The Balaban J connectivity index is 2.48. The maximum Gasteiger partial charge on any atom is 0.224 e. The molecule has 0 radical (unpaired) electrons. The summed E-state index contributed by atoms with van der Waals surface area (Å²) in [6, 6.07) is 0. The average Bonchev–Trinajstić information content (AvgIpc) is 2.60. The Morgan fingerprint density at radius 1 is 1.38 bits per heavy atom. The third-order valence-electron chi connectivity index (χ3n) is 3.54. The van der Waals surface area contributed by atoms with Crippen LogP contribution in [0, 0.1) is 11.8 Å². The Bertz CT molecular complexity index is 232. The van der Waals surface area contributed by atoms with Crippen LogP contribution in [-0.4, -0.2) is 18.0 Å². The lowest BCUT2D eigenvalue weighted by Gasteiger charge is -2.28. The normalized spacial score (nSPS) is 21.1. The van der Waals surface area contributed by atoms with Crippen molar-refractivity contribution < 1.29 is 4.79 Å². The summed E-state index contributed by atoms with van der Waals surface area (Å²) in [6.07, 6.45) is 5.57. The molecule has 0 aromatic heterocycles. The van der Waals surface area contributed by atoms with Gasteiger partial charge in [-0.25, -0.2) is 0 Å². The van der Waals surface area contributed by atoms with E-state index in [9.17, 15) is 4.79 Å². The first kappa shape index (κ1) is 13.5. The molecule has 1 unspecified atom stereocenters. The van der Waals surface area contributed by atoms with Crippen molar-refractivity contribution in [2.24, 2.45) is 17.6 Å². The minimum atomic E-state index is -0.0163. The van der Waals surface area contributed by atoms with E-state index < -0.39 is 0 Å². The fraction of sp³-hybridized carbons (Fsp3) is 0.923. The molecule has 1 fully saturated rings. The number of amides is 1. The van der Waals surface area contributed by atoms with Crippen molar-refractivity contribution >= 4 is 5.91 Å². The van der Waals surface area contributed by atoms with Crippen LogP contribution in [0.4, 0.5) is 0 Å². The van der Waals surface area contributed by atoms with Gasteiger partial charge in [0.05, 0.1) is 5.92 Å². The molecule has 0 saturated heterocycles. The molecule has 0 bridgehead atoms. The van der Waals surface area contributed by atoms with E-state index in [1.165, 1.54) is 12.8 Å². The van der Waals surface area contributed by atoms with Gasteiger partial charge in [-0.2, -0.15) is 0 Å². The van der Waals surface area contributed by atoms with E-state index in [0.717, 1.165) is 19.3 Å². The minimum Gasteiger partial charge on any atom is -0.351 e. The van der Waals surface area contributed by atoms with Gasteiger partial charge in [0.1, 0.15) is 0 Å². The maximum absolute atomic E-state index is 12.1. The van der Waals surface area contributed by atoms with E-state index in [1.807, 2.05) is 0 Å². The third kappa shape index (κ3) is 3.78. The average molecular weight is 226 g/mol. The molecule has 0 heterocycles. The van der Waals surface area contributed by atoms with Crippen molar-refractivity contribution in [3.05, 3.63) is 0 Å². The second-order valence-corrected chi connectivity index (χ2v) is 5.82. The lowest BCUT2D eigenvalue weighted by molar-refractivity contribution is -0.127. The SMILES string of the molecule is CC(C)CC(CN)C(=O)NC1(C)CCCC1. The van der Waals surface area contributed by atoms with Gasteiger partial charge in [0.2, 0.25) is 5.91 Å². The van der Waals surface area contributed by atoms with Crippen LogP contribution in [-0.2, 0) is 4.79 Å². The summed E-state index contributed by atoms with van der Waals surface area (Å²) in [5.41, 5.74) is 5.71. The van der Waals surface area contributed by atoms with E-state index in [2.05, 4.69) is 26.1 Å². The predicted molar refractivity (Wildman–Crippen MR) is 67.0 cm³/mol. The number of carbonyl (C=O) groups excluding carboxylic acids is 1. The van der Waals surface area contributed by atoms with E-state index in [-0.39, 0.29) is 17.4 Å². The molecular weight excluding hydrogens is 200 g/mol. The number of rotatable bonds is 5. The molecular formula is C13H26N2O. The first-order chi connectivity index (χ1) is 7.47. The molecule has 1 amide bonds. The zero-order valence-corrected chi connectivity index (χ0v) is 10.9. The number of carbonyl (C=O) groups is 1. The molecule has 3 N–H and O–H groups in total. The smallest absolute Gasteiger partial charge is 0.224 e. The lowest BCUT2D eigenvalue weighted by Crippen LogP contribution is -2.48. The highest BCUT2D eigenvalue weighted by Gasteiger charge is 2.32. The van der Waals surface area contributed by atoms with E-state index in [0.29, 0.717) is 12.5 Å². The molecule has 1 saturated carbocycles. The summed E-state index contributed by atoms with van der Waals surface area (Å²) in [4.78, 5) is 12.1. The van der Waals surface area contributed by atoms with Crippen LogP contribution in [0.3, 0.4) is 0 Å². The van der Waals surface area contributed by atoms with Gasteiger partial charge in [0, 0.05) is 12.1 Å². The van der Waals surface area contributed by atoms with Gasteiger partial charge in [-0.05, 0) is 32.1 Å². The van der Waals surface area contributed by atoms with E-state index in [1.54, 1.807) is 0 Å². The summed E-state index contributed by atoms with van der Waals surface area (Å²) in [6.45, 7) is 6.88. The molecule has 0 aromatic rings. The minimum absolute atomic E-state index is 0.0163. The Labute approximate surface area is 99.2 Å². The third-order valence-corrected chi connectivity index (χ3v) is 3.54. The van der Waals surface area contributed by atoms with Crippen molar-refractivity contribution in [1.29, 1.82) is 0 Å². The second kappa shape index (κ2) is 5.67. The summed E-state index contributed by atoms with van der Waals surface area (Å²) >= 11 is 0. The van der Waals surface area contributed by atoms with Crippen LogP contribution in [0.15, 0.2) is 0 Å². The summed E-state index contributed by atoms with van der Waals surface area (Å²) in [5.74, 6) is 0.661. The van der Waals surface area contributed by atoms with Crippen LogP contribution < -0.4 is 11.1 Å². The maximum atomic E-state index is 12.1. The quantitative estimate of drug-likeness (QED) is 0.754. The van der Waals surface area contributed by atoms with Gasteiger partial charge in [-0.15, -0.1) is 0 Å². The molecule has 1 aliphatic carbocycles. The topological polar surface area (TPSA) is 55.1 Å². The molecule has 0 spiro atoms. The van der Waals surface area contributed by atoms with Gasteiger partial charge in [0.25, 0.3) is 0 Å². The molecule has 0 aliphatic heterocycles. The Hall–Kier alpha value is -0.570. The van der Waals surface area contributed by atoms with Crippen molar-refractivity contribution in [2.75, 3.05) is 6.54 Å².